The molecule has 2 fully saturated rings. The van der Waals surface area contributed by atoms with Gasteiger partial charge in [0.25, 0.3) is 0 Å². The van der Waals surface area contributed by atoms with Gasteiger partial charge in [-0.05, 0) is 38.8 Å². The molecule has 0 atom stereocenters. The van der Waals surface area contributed by atoms with Gasteiger partial charge in [0.15, 0.2) is 0 Å². The quantitative estimate of drug-likeness (QED) is 0.932. The van der Waals surface area contributed by atoms with Gasteiger partial charge in [0.05, 0.1) is 16.4 Å². The van der Waals surface area contributed by atoms with Crippen LogP contribution in [0.2, 0.25) is 5.02 Å². The van der Waals surface area contributed by atoms with E-state index in [1.54, 1.807) is 0 Å². The summed E-state index contributed by atoms with van der Waals surface area (Å²) >= 11 is 6.52. The maximum absolute atomic E-state index is 6.52. The molecule has 0 radical (unpaired) electrons. The van der Waals surface area contributed by atoms with E-state index in [0.29, 0.717) is 5.54 Å². The SMILES string of the molecule is CCc1nn(C)c(CN2CCCNC3(CCCC3)C2)c1Cl. The fraction of sp³-hybridized carbons (Fsp3) is 0.812. The van der Waals surface area contributed by atoms with Crippen LogP contribution in [0.5, 0.6) is 0 Å². The monoisotopic (exact) mass is 310 g/mol. The summed E-state index contributed by atoms with van der Waals surface area (Å²) in [5.41, 5.74) is 2.55. The number of nitrogens with one attached hydrogen (secondary N) is 1. The fourth-order valence-corrected chi connectivity index (χ4v) is 4.30. The van der Waals surface area contributed by atoms with Gasteiger partial charge in [-0.1, -0.05) is 31.4 Å². The van der Waals surface area contributed by atoms with Gasteiger partial charge in [-0.2, -0.15) is 5.10 Å². The summed E-state index contributed by atoms with van der Waals surface area (Å²) in [5.74, 6) is 0. The first-order valence-corrected chi connectivity index (χ1v) is 8.69. The molecule has 5 heteroatoms. The first kappa shape index (κ1) is 15.3. The molecule has 1 saturated heterocycles. The first-order chi connectivity index (χ1) is 10.1. The van der Waals surface area contributed by atoms with Gasteiger partial charge < -0.3 is 5.32 Å². The molecule has 0 amide bonds. The maximum Gasteiger partial charge on any atom is 0.0863 e. The van der Waals surface area contributed by atoms with Crippen LogP contribution in [0.4, 0.5) is 0 Å². The van der Waals surface area contributed by atoms with E-state index in [2.05, 4.69) is 22.2 Å². The molecule has 3 rings (SSSR count). The Labute approximate surface area is 132 Å². The molecule has 118 valence electrons. The van der Waals surface area contributed by atoms with Crippen molar-refractivity contribution in [2.24, 2.45) is 7.05 Å². The summed E-state index contributed by atoms with van der Waals surface area (Å²) in [5, 5.41) is 9.24. The molecule has 4 nitrogen and oxygen atoms in total. The van der Waals surface area contributed by atoms with Crippen molar-refractivity contribution in [3.63, 3.8) is 0 Å². The van der Waals surface area contributed by atoms with Gasteiger partial charge in [-0.15, -0.1) is 0 Å². The number of aryl methyl sites for hydroxylation is 2. The summed E-state index contributed by atoms with van der Waals surface area (Å²) < 4.78 is 1.97. The molecule has 0 bridgehead atoms. The minimum absolute atomic E-state index is 0.356. The highest BCUT2D eigenvalue weighted by molar-refractivity contribution is 6.31. The third-order valence-electron chi connectivity index (χ3n) is 5.11. The van der Waals surface area contributed by atoms with Crippen molar-refractivity contribution in [1.82, 2.24) is 20.0 Å². The van der Waals surface area contributed by atoms with Crippen molar-refractivity contribution in [3.8, 4) is 0 Å². The van der Waals surface area contributed by atoms with Crippen LogP contribution in [0, 0.1) is 0 Å². The zero-order valence-corrected chi connectivity index (χ0v) is 14.0. The van der Waals surface area contributed by atoms with E-state index in [-0.39, 0.29) is 0 Å². The first-order valence-electron chi connectivity index (χ1n) is 8.31. The van der Waals surface area contributed by atoms with Gasteiger partial charge in [-0.25, -0.2) is 0 Å². The van der Waals surface area contributed by atoms with E-state index < -0.39 is 0 Å². The van der Waals surface area contributed by atoms with Gasteiger partial charge in [0, 0.05) is 25.7 Å². The molecule has 1 aromatic rings. The molecule has 2 aliphatic rings. The molecule has 0 aromatic carbocycles. The molecule has 1 aliphatic heterocycles. The van der Waals surface area contributed by atoms with Gasteiger partial charge in [0.1, 0.15) is 0 Å². The number of aromatic nitrogens is 2. The Morgan fingerprint density at radius 2 is 2.05 bits per heavy atom. The van der Waals surface area contributed by atoms with Crippen LogP contribution in [0.3, 0.4) is 0 Å². The second-order valence-electron chi connectivity index (χ2n) is 6.66. The molecular weight excluding hydrogens is 284 g/mol. The van der Waals surface area contributed by atoms with Crippen LogP contribution in [0.15, 0.2) is 0 Å². The Morgan fingerprint density at radius 1 is 1.29 bits per heavy atom. The lowest BCUT2D eigenvalue weighted by molar-refractivity contribution is 0.199. The predicted molar refractivity (Wildman–Crippen MR) is 86.7 cm³/mol. The highest BCUT2D eigenvalue weighted by atomic mass is 35.5. The standard InChI is InChI=1S/C16H27ClN4/c1-3-13-15(17)14(20(2)19-13)11-21-10-6-9-18-16(12-21)7-4-5-8-16/h18H,3-12H2,1-2H3. The molecule has 1 aliphatic carbocycles. The van der Waals surface area contributed by atoms with Crippen LogP contribution < -0.4 is 5.32 Å². The average molecular weight is 311 g/mol. The largest absolute Gasteiger partial charge is 0.310 e. The summed E-state index contributed by atoms with van der Waals surface area (Å²) in [4.78, 5) is 2.58. The summed E-state index contributed by atoms with van der Waals surface area (Å²) in [6.07, 6.45) is 7.50. The number of nitrogens with zero attached hydrogens (tertiary/aromatic N) is 3. The van der Waals surface area contributed by atoms with Crippen LogP contribution in [-0.4, -0.2) is 39.9 Å². The fourth-order valence-electron chi connectivity index (χ4n) is 3.94. The minimum Gasteiger partial charge on any atom is -0.310 e. The zero-order chi connectivity index (χ0) is 14.9. The summed E-state index contributed by atoms with van der Waals surface area (Å²) in [6.45, 7) is 6.48. The topological polar surface area (TPSA) is 33.1 Å². The maximum atomic E-state index is 6.52. The number of hydrogen-bond donors (Lipinski definition) is 1. The van der Waals surface area contributed by atoms with E-state index in [0.717, 1.165) is 43.3 Å². The van der Waals surface area contributed by atoms with E-state index in [9.17, 15) is 0 Å². The van der Waals surface area contributed by atoms with Crippen molar-refractivity contribution in [2.45, 2.75) is 57.5 Å². The van der Waals surface area contributed by atoms with Crippen LogP contribution in [0.1, 0.15) is 50.4 Å². The highest BCUT2D eigenvalue weighted by Crippen LogP contribution is 2.32. The predicted octanol–water partition coefficient (Wildman–Crippen LogP) is 2.74. The van der Waals surface area contributed by atoms with Crippen molar-refractivity contribution in [3.05, 3.63) is 16.4 Å². The molecule has 1 spiro atoms. The van der Waals surface area contributed by atoms with E-state index in [4.69, 9.17) is 11.6 Å². The van der Waals surface area contributed by atoms with Gasteiger partial charge in [-0.3, -0.25) is 9.58 Å². The Morgan fingerprint density at radius 3 is 2.71 bits per heavy atom. The van der Waals surface area contributed by atoms with Gasteiger partial charge in [0.2, 0.25) is 0 Å². The molecule has 1 saturated carbocycles. The van der Waals surface area contributed by atoms with Crippen LogP contribution in [0.25, 0.3) is 0 Å². The Balaban J connectivity index is 1.75. The lowest BCUT2D eigenvalue weighted by Crippen LogP contribution is -2.49. The highest BCUT2D eigenvalue weighted by Gasteiger charge is 2.36. The van der Waals surface area contributed by atoms with E-state index in [1.807, 2.05) is 11.7 Å². The molecule has 21 heavy (non-hydrogen) atoms. The Bertz CT molecular complexity index is 491. The molecule has 2 heterocycles. The average Bonchev–Trinajstić information content (AvgIpc) is 2.95. The number of rotatable bonds is 3. The number of hydrogen-bond acceptors (Lipinski definition) is 3. The number of halogens is 1. The molecule has 0 unspecified atom stereocenters. The van der Waals surface area contributed by atoms with Gasteiger partial charge >= 0.3 is 0 Å². The zero-order valence-electron chi connectivity index (χ0n) is 13.3. The third-order valence-corrected chi connectivity index (χ3v) is 5.55. The van der Waals surface area contributed by atoms with Crippen LogP contribution in [-0.2, 0) is 20.0 Å². The lowest BCUT2D eigenvalue weighted by Gasteiger charge is -2.33. The van der Waals surface area contributed by atoms with Crippen LogP contribution >= 0.6 is 11.6 Å². The van der Waals surface area contributed by atoms with Crippen molar-refractivity contribution in [2.75, 3.05) is 19.6 Å². The van der Waals surface area contributed by atoms with E-state index in [1.165, 1.54) is 37.8 Å². The van der Waals surface area contributed by atoms with Crippen molar-refractivity contribution < 1.29 is 0 Å². The summed E-state index contributed by atoms with van der Waals surface area (Å²) in [6, 6.07) is 0. The Kier molecular flexibility index (Phi) is 4.57. The second kappa shape index (κ2) is 6.27. The second-order valence-corrected chi connectivity index (χ2v) is 7.04. The normalized spacial score (nSPS) is 22.8. The van der Waals surface area contributed by atoms with Crippen molar-refractivity contribution >= 4 is 11.6 Å². The lowest BCUT2D eigenvalue weighted by atomic mass is 9.97. The Hall–Kier alpha value is -0.580. The smallest absolute Gasteiger partial charge is 0.0863 e. The van der Waals surface area contributed by atoms with Crippen molar-refractivity contribution in [1.29, 1.82) is 0 Å². The minimum atomic E-state index is 0.356. The molecular formula is C16H27ClN4. The van der Waals surface area contributed by atoms with E-state index >= 15 is 0 Å². The molecule has 1 aromatic heterocycles. The third kappa shape index (κ3) is 3.13. The molecule has 1 N–H and O–H groups in total. The summed E-state index contributed by atoms with van der Waals surface area (Å²) in [7, 11) is 2.02.